The predicted octanol–water partition coefficient (Wildman–Crippen LogP) is 5.02. The van der Waals surface area contributed by atoms with Crippen LogP contribution < -0.4 is 14.5 Å². The van der Waals surface area contributed by atoms with E-state index < -0.39 is 6.17 Å². The minimum absolute atomic E-state index is 0.175. The van der Waals surface area contributed by atoms with Gasteiger partial charge in [0.2, 0.25) is 5.91 Å². The third kappa shape index (κ3) is 6.29. The number of hydrogen-bond acceptors (Lipinski definition) is 8. The van der Waals surface area contributed by atoms with Gasteiger partial charge in [0, 0.05) is 54.8 Å². The average molecular weight is 632 g/mol. The Kier molecular flexibility index (Phi) is 8.85. The van der Waals surface area contributed by atoms with Crippen LogP contribution in [0.1, 0.15) is 30.5 Å². The Bertz CT molecular complexity index is 1630. The fourth-order valence-corrected chi connectivity index (χ4v) is 7.53. The average Bonchev–Trinajstić information content (AvgIpc) is 3.01. The molecule has 1 atom stereocenters. The second-order valence-electron chi connectivity index (χ2n) is 12.8. The highest BCUT2D eigenvalue weighted by Gasteiger charge is 2.46. The quantitative estimate of drug-likeness (QED) is 0.304. The Hall–Kier alpha value is -3.94. The third-order valence-electron chi connectivity index (χ3n) is 9.23. The van der Waals surface area contributed by atoms with Crippen LogP contribution in [0.25, 0.3) is 10.8 Å². The van der Waals surface area contributed by atoms with Gasteiger partial charge in [-0.1, -0.05) is 42.4 Å². The van der Waals surface area contributed by atoms with E-state index in [-0.39, 0.29) is 29.8 Å². The Labute approximate surface area is 268 Å². The van der Waals surface area contributed by atoms with Gasteiger partial charge in [0.05, 0.1) is 42.4 Å². The molecule has 0 N–H and O–H groups in total. The zero-order chi connectivity index (χ0) is 31.7. The number of nitriles is 1. The summed E-state index contributed by atoms with van der Waals surface area (Å²) in [5.41, 5.74) is 2.67. The predicted molar refractivity (Wildman–Crippen MR) is 174 cm³/mol. The molecule has 11 heteroatoms. The third-order valence-corrected chi connectivity index (χ3v) is 9.55. The van der Waals surface area contributed by atoms with Gasteiger partial charge >= 0.3 is 6.01 Å². The van der Waals surface area contributed by atoms with E-state index in [1.807, 2.05) is 32.3 Å². The summed E-state index contributed by atoms with van der Waals surface area (Å²) in [6.07, 6.45) is 2.30. The van der Waals surface area contributed by atoms with Gasteiger partial charge in [-0.2, -0.15) is 15.2 Å². The molecule has 0 bridgehead atoms. The molecular weight excluding hydrogens is 593 g/mol. The van der Waals surface area contributed by atoms with Crippen molar-refractivity contribution in [2.45, 2.75) is 44.4 Å². The number of nitrogens with zero attached hydrogens (tertiary/aromatic N) is 7. The lowest BCUT2D eigenvalue weighted by Crippen LogP contribution is -2.55. The monoisotopic (exact) mass is 631 g/mol. The van der Waals surface area contributed by atoms with Crippen molar-refractivity contribution in [1.29, 1.82) is 5.26 Å². The first-order chi connectivity index (χ1) is 21.7. The van der Waals surface area contributed by atoms with Crippen molar-refractivity contribution in [2.24, 2.45) is 5.41 Å². The summed E-state index contributed by atoms with van der Waals surface area (Å²) >= 11 is 6.70. The van der Waals surface area contributed by atoms with Crippen molar-refractivity contribution in [3.05, 3.63) is 65.3 Å². The fraction of sp³-hybridized carbons (Fsp3) is 0.471. The summed E-state index contributed by atoms with van der Waals surface area (Å²) in [6.45, 7) is 7.45. The first-order valence-corrected chi connectivity index (χ1v) is 15.9. The molecule has 9 nitrogen and oxygen atoms in total. The first-order valence-electron chi connectivity index (χ1n) is 15.5. The first kappa shape index (κ1) is 31.1. The van der Waals surface area contributed by atoms with Crippen molar-refractivity contribution in [1.82, 2.24) is 19.8 Å². The van der Waals surface area contributed by atoms with Crippen LogP contribution in [0.15, 0.2) is 49.1 Å². The molecule has 45 heavy (non-hydrogen) atoms. The summed E-state index contributed by atoms with van der Waals surface area (Å²) < 4.78 is 20.4. The number of carbonyl (C=O) groups excluding carboxylic acids is 1. The van der Waals surface area contributed by atoms with Crippen LogP contribution in [0.4, 0.5) is 15.9 Å². The van der Waals surface area contributed by atoms with Gasteiger partial charge in [0.1, 0.15) is 12.0 Å². The van der Waals surface area contributed by atoms with E-state index in [2.05, 4.69) is 45.5 Å². The van der Waals surface area contributed by atoms with Crippen molar-refractivity contribution in [3.8, 4) is 12.1 Å². The molecule has 1 saturated heterocycles. The van der Waals surface area contributed by atoms with E-state index in [1.54, 1.807) is 4.90 Å². The number of fused-ring (bicyclic) bond motifs is 2. The number of rotatable bonds is 9. The molecule has 1 aromatic heterocycles. The van der Waals surface area contributed by atoms with Crippen molar-refractivity contribution >= 4 is 39.8 Å². The van der Waals surface area contributed by atoms with E-state index in [0.29, 0.717) is 57.1 Å². The Morgan fingerprint density at radius 1 is 1.20 bits per heavy atom. The molecule has 2 fully saturated rings. The molecule has 1 saturated carbocycles. The minimum atomic E-state index is -0.818. The standard InChI is InChI=1S/C34H39ClFN7O2/c1-4-30(44)43-16-15-42(19-25(43)11-13-37)32-26-12-14-41(29-10-6-8-23-7-5-9-27(35)31(23)29)20-28(26)38-33(39-32)45-22-34(21-40(2)3)17-24(36)18-34/h4-10,24-25H,1,11-12,14-22H2,2-3H3. The number of piperazine rings is 1. The van der Waals surface area contributed by atoms with Crippen LogP contribution in [0, 0.1) is 16.7 Å². The number of aromatic nitrogens is 2. The van der Waals surface area contributed by atoms with E-state index in [4.69, 9.17) is 26.3 Å². The van der Waals surface area contributed by atoms with Crippen molar-refractivity contribution in [3.63, 3.8) is 0 Å². The van der Waals surface area contributed by atoms with Crippen molar-refractivity contribution in [2.75, 3.05) is 63.2 Å². The molecule has 3 aromatic rings. The largest absolute Gasteiger partial charge is 0.463 e. The maximum absolute atomic E-state index is 14.1. The van der Waals surface area contributed by atoms with Crippen LogP contribution in [0.5, 0.6) is 6.01 Å². The van der Waals surface area contributed by atoms with Crippen LogP contribution in [-0.2, 0) is 17.8 Å². The number of alkyl halides is 1. The Morgan fingerprint density at radius 3 is 2.69 bits per heavy atom. The highest BCUT2D eigenvalue weighted by Crippen LogP contribution is 2.44. The summed E-state index contributed by atoms with van der Waals surface area (Å²) in [7, 11) is 3.98. The molecule has 1 unspecified atom stereocenters. The molecule has 2 aromatic carbocycles. The van der Waals surface area contributed by atoms with Gasteiger partial charge < -0.3 is 24.3 Å². The second-order valence-corrected chi connectivity index (χ2v) is 13.2. The molecule has 1 amide bonds. The van der Waals surface area contributed by atoms with Gasteiger partial charge in [0.15, 0.2) is 0 Å². The SMILES string of the molecule is C=CC(=O)N1CCN(c2nc(OCC3(CN(C)C)CC(F)C3)nc3c2CCN(c2cccc4cccc(Cl)c24)C3)CC1CC#N. The minimum Gasteiger partial charge on any atom is -0.463 e. The zero-order valence-electron chi connectivity index (χ0n) is 25.9. The molecule has 0 radical (unpaired) electrons. The molecule has 0 spiro atoms. The number of anilines is 2. The summed E-state index contributed by atoms with van der Waals surface area (Å²) in [6, 6.07) is 14.4. The van der Waals surface area contributed by atoms with E-state index >= 15 is 0 Å². The van der Waals surface area contributed by atoms with Crippen molar-refractivity contribution < 1.29 is 13.9 Å². The molecule has 1 aliphatic carbocycles. The molecule has 236 valence electrons. The molecular formula is C34H39ClFN7O2. The van der Waals surface area contributed by atoms with Gasteiger partial charge in [-0.25, -0.2) is 4.39 Å². The number of amides is 1. The summed E-state index contributed by atoms with van der Waals surface area (Å²) in [5.74, 6) is 0.601. The smallest absolute Gasteiger partial charge is 0.318 e. The van der Waals surface area contributed by atoms with E-state index in [1.165, 1.54) is 6.08 Å². The van der Waals surface area contributed by atoms with Gasteiger partial charge in [-0.05, 0) is 57.0 Å². The Balaban J connectivity index is 1.34. The number of halogens is 2. The Morgan fingerprint density at radius 2 is 1.98 bits per heavy atom. The van der Waals surface area contributed by atoms with Gasteiger partial charge in [-0.15, -0.1) is 0 Å². The lowest BCUT2D eigenvalue weighted by molar-refractivity contribution is -0.128. The normalized spacial score (nSPS) is 23.0. The lowest BCUT2D eigenvalue weighted by Gasteiger charge is -2.45. The van der Waals surface area contributed by atoms with Crippen LogP contribution in [-0.4, -0.2) is 91.3 Å². The lowest BCUT2D eigenvalue weighted by atomic mass is 9.67. The number of ether oxygens (including phenoxy) is 1. The molecule has 6 rings (SSSR count). The van der Waals surface area contributed by atoms with E-state index in [0.717, 1.165) is 46.6 Å². The van der Waals surface area contributed by atoms with Crippen LogP contribution >= 0.6 is 11.6 Å². The topological polar surface area (TPSA) is 88.8 Å². The van der Waals surface area contributed by atoms with Crippen LogP contribution in [0.2, 0.25) is 5.02 Å². The molecule has 3 heterocycles. The fourth-order valence-electron chi connectivity index (χ4n) is 7.26. The van der Waals surface area contributed by atoms with Crippen LogP contribution in [0.3, 0.4) is 0 Å². The zero-order valence-corrected chi connectivity index (χ0v) is 26.6. The highest BCUT2D eigenvalue weighted by atomic mass is 35.5. The molecule has 2 aliphatic heterocycles. The highest BCUT2D eigenvalue weighted by molar-refractivity contribution is 6.36. The molecule has 3 aliphatic rings. The summed E-state index contributed by atoms with van der Waals surface area (Å²) in [5, 5.41) is 12.3. The van der Waals surface area contributed by atoms with Gasteiger partial charge in [0.25, 0.3) is 0 Å². The number of hydrogen-bond donors (Lipinski definition) is 0. The van der Waals surface area contributed by atoms with E-state index in [9.17, 15) is 14.4 Å². The maximum atomic E-state index is 14.1. The second kappa shape index (κ2) is 12.8. The number of carbonyl (C=O) groups is 1. The maximum Gasteiger partial charge on any atom is 0.318 e. The number of benzene rings is 2. The summed E-state index contributed by atoms with van der Waals surface area (Å²) in [4.78, 5) is 30.7. The van der Waals surface area contributed by atoms with Gasteiger partial charge in [-0.3, -0.25) is 4.79 Å².